The molecular weight excluding hydrogens is 492 g/mol. The van der Waals surface area contributed by atoms with Crippen molar-refractivity contribution in [3.63, 3.8) is 0 Å². The van der Waals surface area contributed by atoms with Crippen molar-refractivity contribution in [1.29, 1.82) is 0 Å². The minimum Gasteiger partial charge on any atom is -0.481 e. The highest BCUT2D eigenvalue weighted by Gasteiger charge is 2.32. The van der Waals surface area contributed by atoms with Crippen molar-refractivity contribution in [2.75, 3.05) is 6.54 Å². The molecule has 210 valence electrons. The Kier molecular flexibility index (Phi) is 14.9. The zero-order chi connectivity index (χ0) is 28.7. The first-order chi connectivity index (χ1) is 17.2. The van der Waals surface area contributed by atoms with Crippen LogP contribution in [0.1, 0.15) is 52.4 Å². The summed E-state index contributed by atoms with van der Waals surface area (Å²) in [6.45, 7) is 3.55. The molecule has 0 spiro atoms. The summed E-state index contributed by atoms with van der Waals surface area (Å²) in [6, 6.07) is -5.28. The number of nitrogens with one attached hydrogen (secondary N) is 3. The zero-order valence-electron chi connectivity index (χ0n) is 20.9. The molecule has 0 radical (unpaired) electrons. The number of aliphatic carboxylic acids is 2. The summed E-state index contributed by atoms with van der Waals surface area (Å²) in [5, 5.41) is 25.2. The molecule has 0 rings (SSSR count). The molecule has 0 aliphatic carbocycles. The van der Waals surface area contributed by atoms with Gasteiger partial charge in [0.05, 0.1) is 12.5 Å². The van der Waals surface area contributed by atoms with Gasteiger partial charge in [-0.2, -0.15) is 0 Å². The number of primary amides is 1. The quantitative estimate of drug-likeness (QED) is 0.0480. The summed E-state index contributed by atoms with van der Waals surface area (Å²) in [5.74, 6) is -6.67. The SMILES string of the molecule is CCC(C)C(NC(=O)C(N)CCC(N)=O)C(=O)NC(CCCN=C(N)N)C(=O)NC(CC(=O)O)C(=O)O. The minimum absolute atomic E-state index is 0.0347. The van der Waals surface area contributed by atoms with Gasteiger partial charge in [-0.1, -0.05) is 20.3 Å². The first-order valence-electron chi connectivity index (χ1n) is 11.6. The van der Waals surface area contributed by atoms with E-state index >= 15 is 0 Å². The Morgan fingerprint density at radius 2 is 1.46 bits per heavy atom. The number of hydrogen-bond acceptors (Lipinski definition) is 8. The Morgan fingerprint density at radius 1 is 0.865 bits per heavy atom. The Labute approximate surface area is 214 Å². The molecule has 16 heteroatoms. The van der Waals surface area contributed by atoms with Gasteiger partial charge in [-0.25, -0.2) is 4.79 Å². The van der Waals surface area contributed by atoms with E-state index in [0.29, 0.717) is 6.42 Å². The molecule has 0 aromatic carbocycles. The van der Waals surface area contributed by atoms with Gasteiger partial charge in [-0.15, -0.1) is 0 Å². The van der Waals surface area contributed by atoms with Crippen LogP contribution in [0, 0.1) is 5.92 Å². The lowest BCUT2D eigenvalue weighted by Gasteiger charge is -2.28. The van der Waals surface area contributed by atoms with Crippen LogP contribution >= 0.6 is 0 Å². The van der Waals surface area contributed by atoms with Crippen molar-refractivity contribution in [2.24, 2.45) is 33.8 Å². The molecule has 0 saturated carbocycles. The molecule has 0 fully saturated rings. The van der Waals surface area contributed by atoms with E-state index in [-0.39, 0.29) is 38.2 Å². The molecule has 0 aliphatic heterocycles. The number of amides is 4. The highest BCUT2D eigenvalue weighted by Crippen LogP contribution is 2.11. The molecule has 5 atom stereocenters. The third-order valence-corrected chi connectivity index (χ3v) is 5.40. The molecule has 16 nitrogen and oxygen atoms in total. The second-order valence-electron chi connectivity index (χ2n) is 8.49. The van der Waals surface area contributed by atoms with Gasteiger partial charge in [-0.05, 0) is 25.2 Å². The van der Waals surface area contributed by atoms with Crippen molar-refractivity contribution >= 4 is 41.5 Å². The standard InChI is InChI=1S/C21H38N8O8/c1-3-10(2)16(29-17(33)11(22)6-7-14(23)30)19(35)27-12(5-4-8-26-21(24)25)18(34)28-13(20(36)37)9-15(31)32/h10-13,16H,3-9,22H2,1-2H3,(H2,23,30)(H,27,35)(H,28,34)(H,29,33)(H,31,32)(H,36,37)(H4,24,25,26). The molecule has 4 amide bonds. The maximum atomic E-state index is 13.1. The summed E-state index contributed by atoms with van der Waals surface area (Å²) < 4.78 is 0. The topological polar surface area (TPSA) is 295 Å². The number of carboxylic acids is 2. The maximum Gasteiger partial charge on any atom is 0.326 e. The number of rotatable bonds is 18. The fourth-order valence-corrected chi connectivity index (χ4v) is 3.07. The molecule has 0 saturated heterocycles. The summed E-state index contributed by atoms with van der Waals surface area (Å²) in [4.78, 5) is 75.5. The van der Waals surface area contributed by atoms with Crippen molar-refractivity contribution in [1.82, 2.24) is 16.0 Å². The van der Waals surface area contributed by atoms with Gasteiger partial charge in [0.25, 0.3) is 0 Å². The van der Waals surface area contributed by atoms with Crippen LogP contribution in [0.4, 0.5) is 0 Å². The number of nitrogens with two attached hydrogens (primary N) is 4. The van der Waals surface area contributed by atoms with E-state index in [9.17, 15) is 33.9 Å². The van der Waals surface area contributed by atoms with Gasteiger partial charge in [0.15, 0.2) is 5.96 Å². The van der Waals surface area contributed by atoms with Crippen molar-refractivity contribution in [3.05, 3.63) is 0 Å². The fourth-order valence-electron chi connectivity index (χ4n) is 3.07. The van der Waals surface area contributed by atoms with E-state index in [2.05, 4.69) is 20.9 Å². The third kappa shape index (κ3) is 13.6. The third-order valence-electron chi connectivity index (χ3n) is 5.40. The zero-order valence-corrected chi connectivity index (χ0v) is 20.9. The van der Waals surface area contributed by atoms with Gasteiger partial charge in [0.1, 0.15) is 18.1 Å². The smallest absolute Gasteiger partial charge is 0.326 e. The predicted molar refractivity (Wildman–Crippen MR) is 131 cm³/mol. The van der Waals surface area contributed by atoms with E-state index in [4.69, 9.17) is 28.0 Å². The number of carbonyl (C=O) groups excluding carboxylic acids is 4. The number of guanidine groups is 1. The van der Waals surface area contributed by atoms with Gasteiger partial charge < -0.3 is 49.1 Å². The van der Waals surface area contributed by atoms with Crippen molar-refractivity contribution in [3.8, 4) is 0 Å². The van der Waals surface area contributed by atoms with E-state index in [0.717, 1.165) is 0 Å². The molecule has 5 unspecified atom stereocenters. The summed E-state index contributed by atoms with van der Waals surface area (Å²) in [7, 11) is 0. The maximum absolute atomic E-state index is 13.1. The van der Waals surface area contributed by atoms with E-state index < -0.39 is 72.1 Å². The highest BCUT2D eigenvalue weighted by atomic mass is 16.4. The molecule has 0 heterocycles. The predicted octanol–water partition coefficient (Wildman–Crippen LogP) is -3.31. The van der Waals surface area contributed by atoms with Crippen molar-refractivity contribution in [2.45, 2.75) is 76.5 Å². The number of carbonyl (C=O) groups is 6. The van der Waals surface area contributed by atoms with Crippen molar-refractivity contribution < 1.29 is 39.0 Å². The van der Waals surface area contributed by atoms with E-state index in [1.807, 2.05) is 0 Å². The molecule has 37 heavy (non-hydrogen) atoms. The van der Waals surface area contributed by atoms with Crippen LogP contribution in [0.5, 0.6) is 0 Å². The van der Waals surface area contributed by atoms with Gasteiger partial charge >= 0.3 is 11.9 Å². The number of carboxylic acid groups (broad SMARTS) is 2. The van der Waals surface area contributed by atoms with Gasteiger partial charge in [0, 0.05) is 13.0 Å². The van der Waals surface area contributed by atoms with Crippen LogP contribution in [-0.4, -0.2) is 82.5 Å². The Balaban J connectivity index is 5.69. The second kappa shape index (κ2) is 16.7. The second-order valence-corrected chi connectivity index (χ2v) is 8.49. The lowest BCUT2D eigenvalue weighted by molar-refractivity contribution is -0.147. The number of aliphatic imine (C=N–C) groups is 1. The fraction of sp³-hybridized carbons (Fsp3) is 0.667. The van der Waals surface area contributed by atoms with Crippen LogP contribution in [0.25, 0.3) is 0 Å². The summed E-state index contributed by atoms with van der Waals surface area (Å²) in [6.07, 6.45) is -0.432. The summed E-state index contributed by atoms with van der Waals surface area (Å²) >= 11 is 0. The molecule has 13 N–H and O–H groups in total. The van der Waals surface area contributed by atoms with Gasteiger partial charge in [-0.3, -0.25) is 29.0 Å². The lowest BCUT2D eigenvalue weighted by atomic mass is 9.96. The van der Waals surface area contributed by atoms with Crippen LogP contribution in [-0.2, 0) is 28.8 Å². The lowest BCUT2D eigenvalue weighted by Crippen LogP contribution is -2.58. The first kappa shape index (κ1) is 33.0. The molecule has 0 aliphatic rings. The average molecular weight is 531 g/mol. The normalized spacial score (nSPS) is 14.7. The molecule has 0 bridgehead atoms. The Hall–Kier alpha value is -3.95. The first-order valence-corrected chi connectivity index (χ1v) is 11.6. The van der Waals surface area contributed by atoms with Crippen LogP contribution in [0.15, 0.2) is 4.99 Å². The Bertz CT molecular complexity index is 861. The highest BCUT2D eigenvalue weighted by molar-refractivity contribution is 5.94. The van der Waals surface area contributed by atoms with E-state index in [1.54, 1.807) is 13.8 Å². The average Bonchev–Trinajstić information content (AvgIpc) is 2.80. The molecule has 0 aromatic heterocycles. The van der Waals surface area contributed by atoms with E-state index in [1.165, 1.54) is 0 Å². The number of nitrogens with zero attached hydrogens (tertiary/aromatic N) is 1. The Morgan fingerprint density at radius 3 is 1.95 bits per heavy atom. The minimum atomic E-state index is -1.74. The largest absolute Gasteiger partial charge is 0.481 e. The molecular formula is C21H38N8O8. The van der Waals surface area contributed by atoms with Crippen LogP contribution < -0.4 is 38.9 Å². The summed E-state index contributed by atoms with van der Waals surface area (Å²) in [5.41, 5.74) is 21.4. The molecule has 0 aromatic rings. The van der Waals surface area contributed by atoms with Gasteiger partial charge in [0.2, 0.25) is 23.6 Å². The van der Waals surface area contributed by atoms with Crippen LogP contribution in [0.2, 0.25) is 0 Å². The van der Waals surface area contributed by atoms with Crippen LogP contribution in [0.3, 0.4) is 0 Å². The number of hydrogen-bond donors (Lipinski definition) is 9. The monoisotopic (exact) mass is 530 g/mol.